The van der Waals surface area contributed by atoms with E-state index in [9.17, 15) is 4.79 Å². The van der Waals surface area contributed by atoms with Crippen molar-refractivity contribution in [2.45, 2.75) is 32.7 Å². The average molecular weight is 420 g/mol. The molecule has 3 aromatic rings. The molecule has 1 atom stereocenters. The molecule has 0 radical (unpaired) electrons. The molecule has 1 aromatic heterocycles. The van der Waals surface area contributed by atoms with Gasteiger partial charge in [-0.1, -0.05) is 56.3 Å². The molecule has 0 bridgehead atoms. The van der Waals surface area contributed by atoms with Crippen LogP contribution in [-0.4, -0.2) is 46.3 Å². The number of piperazine rings is 1. The Labute approximate surface area is 183 Å². The second-order valence-electron chi connectivity index (χ2n) is 8.29. The number of carbonyl (C=O) groups excluding carboxylic acids is 1. The van der Waals surface area contributed by atoms with E-state index in [-0.39, 0.29) is 11.9 Å². The van der Waals surface area contributed by atoms with Crippen molar-refractivity contribution in [2.24, 2.45) is 0 Å². The summed E-state index contributed by atoms with van der Waals surface area (Å²) in [5.74, 6) is 0.650. The van der Waals surface area contributed by atoms with Crippen LogP contribution in [0.4, 0.5) is 0 Å². The maximum absolute atomic E-state index is 12.8. The molecular formula is C25H29N3OS. The molecule has 1 saturated heterocycles. The largest absolute Gasteiger partial charge is 0.336 e. The number of hydrogen-bond acceptors (Lipinski definition) is 4. The number of nitrogens with zero attached hydrogens (tertiary/aromatic N) is 3. The first-order valence-electron chi connectivity index (χ1n) is 10.6. The molecule has 0 saturated carbocycles. The number of aromatic nitrogens is 1. The van der Waals surface area contributed by atoms with E-state index in [0.29, 0.717) is 5.92 Å². The summed E-state index contributed by atoms with van der Waals surface area (Å²) < 4.78 is 4.54. The zero-order chi connectivity index (χ0) is 21.1. The molecule has 156 valence electrons. The van der Waals surface area contributed by atoms with Gasteiger partial charge >= 0.3 is 0 Å². The Hall–Kier alpha value is -2.50. The van der Waals surface area contributed by atoms with E-state index in [0.717, 1.165) is 37.4 Å². The van der Waals surface area contributed by atoms with Gasteiger partial charge in [0.1, 0.15) is 0 Å². The van der Waals surface area contributed by atoms with Crippen LogP contribution in [-0.2, 0) is 0 Å². The molecule has 30 heavy (non-hydrogen) atoms. The first kappa shape index (κ1) is 20.8. The second kappa shape index (κ2) is 9.11. The lowest BCUT2D eigenvalue weighted by Crippen LogP contribution is -2.49. The lowest BCUT2D eigenvalue weighted by atomic mass is 9.97. The highest BCUT2D eigenvalue weighted by Crippen LogP contribution is 2.33. The smallest absolute Gasteiger partial charge is 0.253 e. The molecule has 2 aromatic carbocycles. The Morgan fingerprint density at radius 2 is 1.57 bits per heavy atom. The Bertz CT molecular complexity index is 973. The molecule has 0 spiro atoms. The van der Waals surface area contributed by atoms with Crippen LogP contribution in [0, 0.1) is 6.92 Å². The predicted octanol–water partition coefficient (Wildman–Crippen LogP) is 5.12. The molecule has 4 rings (SSSR count). The number of aryl methyl sites for hydroxylation is 1. The van der Waals surface area contributed by atoms with Crippen LogP contribution >= 0.6 is 11.5 Å². The van der Waals surface area contributed by atoms with E-state index in [4.69, 9.17) is 0 Å². The van der Waals surface area contributed by atoms with Crippen LogP contribution < -0.4 is 0 Å². The van der Waals surface area contributed by atoms with E-state index in [1.54, 1.807) is 11.5 Å². The second-order valence-corrected chi connectivity index (χ2v) is 9.13. The van der Waals surface area contributed by atoms with Crippen molar-refractivity contribution >= 4 is 17.4 Å². The first-order valence-corrected chi connectivity index (χ1v) is 11.4. The standard InChI is InChI=1S/C25H29N3OS/c1-18(2)20-9-11-21(12-10-20)24(23-17-19(3)26-30-23)27-13-15-28(16-14-27)25(29)22-7-5-4-6-8-22/h4-12,17-18,24H,13-16H2,1-3H3. The van der Waals surface area contributed by atoms with E-state index in [2.05, 4.69) is 60.4 Å². The third-order valence-electron chi connectivity index (χ3n) is 5.82. The van der Waals surface area contributed by atoms with Gasteiger partial charge in [-0.05, 0) is 53.7 Å². The first-order chi connectivity index (χ1) is 14.5. The summed E-state index contributed by atoms with van der Waals surface area (Å²) in [6.45, 7) is 9.69. The van der Waals surface area contributed by atoms with Crippen LogP contribution in [0.1, 0.15) is 57.9 Å². The molecule has 1 aliphatic rings. The van der Waals surface area contributed by atoms with E-state index >= 15 is 0 Å². The maximum Gasteiger partial charge on any atom is 0.253 e. The summed E-state index contributed by atoms with van der Waals surface area (Å²) in [6.07, 6.45) is 0. The predicted molar refractivity (Wildman–Crippen MR) is 123 cm³/mol. The summed E-state index contributed by atoms with van der Waals surface area (Å²) in [7, 11) is 0. The van der Waals surface area contributed by atoms with Crippen molar-refractivity contribution < 1.29 is 4.79 Å². The fraction of sp³-hybridized carbons (Fsp3) is 0.360. The van der Waals surface area contributed by atoms with Crippen molar-refractivity contribution in [1.82, 2.24) is 14.2 Å². The maximum atomic E-state index is 12.8. The van der Waals surface area contributed by atoms with Gasteiger partial charge in [-0.3, -0.25) is 9.69 Å². The van der Waals surface area contributed by atoms with Gasteiger partial charge in [-0.25, -0.2) is 0 Å². The van der Waals surface area contributed by atoms with Gasteiger partial charge in [-0.15, -0.1) is 0 Å². The molecule has 1 amide bonds. The van der Waals surface area contributed by atoms with Crippen LogP contribution in [0.2, 0.25) is 0 Å². The minimum Gasteiger partial charge on any atom is -0.336 e. The van der Waals surface area contributed by atoms with Crippen LogP contribution in [0.3, 0.4) is 0 Å². The SMILES string of the molecule is Cc1cc(C(c2ccc(C(C)C)cc2)N2CCN(C(=O)c3ccccc3)CC2)sn1. The summed E-state index contributed by atoms with van der Waals surface area (Å²) in [5, 5.41) is 0. The monoisotopic (exact) mass is 419 g/mol. The zero-order valence-corrected chi connectivity index (χ0v) is 18.7. The van der Waals surface area contributed by atoms with E-state index in [1.165, 1.54) is 16.0 Å². The molecule has 0 aliphatic carbocycles. The van der Waals surface area contributed by atoms with E-state index in [1.807, 2.05) is 35.2 Å². The minimum absolute atomic E-state index is 0.127. The Morgan fingerprint density at radius 1 is 0.933 bits per heavy atom. The number of amides is 1. The van der Waals surface area contributed by atoms with Crippen molar-refractivity contribution in [2.75, 3.05) is 26.2 Å². The summed E-state index contributed by atoms with van der Waals surface area (Å²) >= 11 is 1.59. The third-order valence-corrected chi connectivity index (χ3v) is 6.75. The van der Waals surface area contributed by atoms with Crippen molar-refractivity contribution in [3.05, 3.63) is 87.9 Å². The summed E-state index contributed by atoms with van der Waals surface area (Å²) in [6, 6.07) is 21.0. The normalized spacial score (nSPS) is 16.1. The highest BCUT2D eigenvalue weighted by molar-refractivity contribution is 7.05. The molecule has 4 nitrogen and oxygen atoms in total. The highest BCUT2D eigenvalue weighted by Gasteiger charge is 2.29. The van der Waals surface area contributed by atoms with Crippen LogP contribution in [0.15, 0.2) is 60.7 Å². The number of carbonyl (C=O) groups is 1. The van der Waals surface area contributed by atoms with Gasteiger partial charge in [-0.2, -0.15) is 4.37 Å². The van der Waals surface area contributed by atoms with Crippen molar-refractivity contribution in [3.63, 3.8) is 0 Å². The van der Waals surface area contributed by atoms with Gasteiger partial charge in [0.15, 0.2) is 0 Å². The average Bonchev–Trinajstić information content (AvgIpc) is 3.20. The van der Waals surface area contributed by atoms with Gasteiger partial charge in [0.25, 0.3) is 5.91 Å². The van der Waals surface area contributed by atoms with Crippen LogP contribution in [0.25, 0.3) is 0 Å². The summed E-state index contributed by atoms with van der Waals surface area (Å²) in [4.78, 5) is 18.6. The topological polar surface area (TPSA) is 36.4 Å². The quantitative estimate of drug-likeness (QED) is 0.576. The number of rotatable bonds is 5. The Morgan fingerprint density at radius 3 is 2.13 bits per heavy atom. The van der Waals surface area contributed by atoms with Crippen molar-refractivity contribution in [1.29, 1.82) is 0 Å². The molecule has 0 N–H and O–H groups in total. The Kier molecular flexibility index (Phi) is 6.30. The van der Waals surface area contributed by atoms with Gasteiger partial charge < -0.3 is 4.90 Å². The zero-order valence-electron chi connectivity index (χ0n) is 17.9. The fourth-order valence-electron chi connectivity index (χ4n) is 4.08. The molecule has 1 unspecified atom stereocenters. The molecular weight excluding hydrogens is 390 g/mol. The van der Waals surface area contributed by atoms with Crippen molar-refractivity contribution in [3.8, 4) is 0 Å². The Balaban J connectivity index is 1.53. The lowest BCUT2D eigenvalue weighted by Gasteiger charge is -2.39. The minimum atomic E-state index is 0.127. The number of hydrogen-bond donors (Lipinski definition) is 0. The lowest BCUT2D eigenvalue weighted by molar-refractivity contribution is 0.0599. The fourth-order valence-corrected chi connectivity index (χ4v) is 4.99. The molecule has 1 fully saturated rings. The van der Waals surface area contributed by atoms with Gasteiger partial charge in [0.05, 0.1) is 11.7 Å². The third kappa shape index (κ3) is 4.47. The molecule has 2 heterocycles. The highest BCUT2D eigenvalue weighted by atomic mass is 32.1. The molecule has 5 heteroatoms. The van der Waals surface area contributed by atoms with Gasteiger partial charge in [0.2, 0.25) is 0 Å². The van der Waals surface area contributed by atoms with Gasteiger partial charge in [0, 0.05) is 36.6 Å². The van der Waals surface area contributed by atoms with E-state index < -0.39 is 0 Å². The van der Waals surface area contributed by atoms with Crippen LogP contribution in [0.5, 0.6) is 0 Å². The molecule has 1 aliphatic heterocycles. The summed E-state index contributed by atoms with van der Waals surface area (Å²) in [5.41, 5.74) is 4.49. The number of benzene rings is 2.